The Morgan fingerprint density at radius 2 is 1.84 bits per heavy atom. The molecule has 2 saturated heterocycles. The number of benzene rings is 1. The first kappa shape index (κ1) is 18.2. The van der Waals surface area contributed by atoms with Crippen molar-refractivity contribution in [2.24, 2.45) is 11.3 Å². The lowest BCUT2D eigenvalue weighted by Gasteiger charge is -2.39. The summed E-state index contributed by atoms with van der Waals surface area (Å²) in [5, 5.41) is 3.41. The maximum absolute atomic E-state index is 12.7. The van der Waals surface area contributed by atoms with Crippen molar-refractivity contribution in [1.82, 2.24) is 10.2 Å². The van der Waals surface area contributed by atoms with E-state index in [4.69, 9.17) is 0 Å². The van der Waals surface area contributed by atoms with E-state index in [1.54, 1.807) is 0 Å². The summed E-state index contributed by atoms with van der Waals surface area (Å²) in [5.74, 6) is -0.104. The standard InChI is InChI=1S/C19H25F3N2O/c1-14(12-15-2-4-16(5-3-15)19(20,21)22)17(25)24-10-7-18(8-11-24)6-9-23-13-18/h2-5,14,23H,6-13H2,1H3. The highest BCUT2D eigenvalue weighted by atomic mass is 19.4. The van der Waals surface area contributed by atoms with E-state index in [2.05, 4.69) is 5.32 Å². The zero-order valence-corrected chi connectivity index (χ0v) is 14.5. The molecule has 1 aromatic rings. The second-order valence-corrected chi connectivity index (χ2v) is 7.55. The third-order valence-electron chi connectivity index (χ3n) is 5.71. The highest BCUT2D eigenvalue weighted by Gasteiger charge is 2.38. The van der Waals surface area contributed by atoms with Crippen molar-refractivity contribution in [3.8, 4) is 0 Å². The number of alkyl halides is 3. The van der Waals surface area contributed by atoms with Gasteiger partial charge in [-0.15, -0.1) is 0 Å². The maximum atomic E-state index is 12.7. The number of carbonyl (C=O) groups is 1. The zero-order valence-electron chi connectivity index (χ0n) is 14.5. The molecule has 2 aliphatic heterocycles. The number of rotatable bonds is 3. The largest absolute Gasteiger partial charge is 0.416 e. The van der Waals surface area contributed by atoms with Crippen LogP contribution in [0.15, 0.2) is 24.3 Å². The Labute approximate surface area is 146 Å². The highest BCUT2D eigenvalue weighted by Crippen LogP contribution is 2.37. The van der Waals surface area contributed by atoms with Crippen LogP contribution in [0.2, 0.25) is 0 Å². The second-order valence-electron chi connectivity index (χ2n) is 7.55. The normalized spacial score (nSPS) is 21.5. The summed E-state index contributed by atoms with van der Waals surface area (Å²) >= 11 is 0. The van der Waals surface area contributed by atoms with E-state index in [-0.39, 0.29) is 11.8 Å². The number of hydrogen-bond donors (Lipinski definition) is 1. The van der Waals surface area contributed by atoms with E-state index in [1.807, 2.05) is 11.8 Å². The summed E-state index contributed by atoms with van der Waals surface area (Å²) < 4.78 is 37.8. The van der Waals surface area contributed by atoms with Gasteiger partial charge >= 0.3 is 6.18 Å². The van der Waals surface area contributed by atoms with Gasteiger partial charge in [0, 0.05) is 25.6 Å². The van der Waals surface area contributed by atoms with Gasteiger partial charge in [-0.3, -0.25) is 4.79 Å². The maximum Gasteiger partial charge on any atom is 0.416 e. The summed E-state index contributed by atoms with van der Waals surface area (Å²) in [5.41, 5.74) is 0.483. The Kier molecular flexibility index (Phi) is 5.09. The quantitative estimate of drug-likeness (QED) is 0.901. The fourth-order valence-corrected chi connectivity index (χ4v) is 4.01. The number of likely N-dealkylation sites (tertiary alicyclic amines) is 1. The zero-order chi connectivity index (χ0) is 18.1. The smallest absolute Gasteiger partial charge is 0.342 e. The minimum Gasteiger partial charge on any atom is -0.342 e. The number of hydrogen-bond acceptors (Lipinski definition) is 2. The molecular weight excluding hydrogens is 329 g/mol. The van der Waals surface area contributed by atoms with Crippen molar-refractivity contribution in [3.63, 3.8) is 0 Å². The summed E-state index contributed by atoms with van der Waals surface area (Å²) in [6.45, 7) is 5.56. The summed E-state index contributed by atoms with van der Waals surface area (Å²) in [4.78, 5) is 14.6. The van der Waals surface area contributed by atoms with Crippen molar-refractivity contribution >= 4 is 5.91 Å². The molecule has 1 spiro atoms. The minimum atomic E-state index is -4.32. The number of nitrogens with one attached hydrogen (secondary N) is 1. The van der Waals surface area contributed by atoms with Gasteiger partial charge in [-0.2, -0.15) is 13.2 Å². The van der Waals surface area contributed by atoms with Crippen LogP contribution in [0.25, 0.3) is 0 Å². The molecule has 6 heteroatoms. The fourth-order valence-electron chi connectivity index (χ4n) is 4.01. The molecule has 3 nitrogen and oxygen atoms in total. The minimum absolute atomic E-state index is 0.112. The van der Waals surface area contributed by atoms with Crippen LogP contribution in [0.4, 0.5) is 13.2 Å². The van der Waals surface area contributed by atoms with E-state index in [0.717, 1.165) is 56.7 Å². The molecule has 2 heterocycles. The number of carbonyl (C=O) groups excluding carboxylic acids is 1. The molecule has 1 atom stereocenters. The van der Waals surface area contributed by atoms with Crippen LogP contribution in [-0.4, -0.2) is 37.0 Å². The molecule has 0 aliphatic carbocycles. The number of amides is 1. The Bertz CT molecular complexity index is 596. The van der Waals surface area contributed by atoms with Gasteiger partial charge in [-0.1, -0.05) is 19.1 Å². The van der Waals surface area contributed by atoms with Gasteiger partial charge in [0.1, 0.15) is 0 Å². The molecule has 0 saturated carbocycles. The third kappa shape index (κ3) is 4.17. The van der Waals surface area contributed by atoms with Gasteiger partial charge in [0.2, 0.25) is 5.91 Å². The lowest BCUT2D eigenvalue weighted by molar-refractivity contribution is -0.138. The predicted molar refractivity (Wildman–Crippen MR) is 90.0 cm³/mol. The van der Waals surface area contributed by atoms with E-state index < -0.39 is 11.7 Å². The Hall–Kier alpha value is -1.56. The average Bonchev–Trinajstić information content (AvgIpc) is 3.03. The first-order valence-electron chi connectivity index (χ1n) is 8.95. The molecule has 0 bridgehead atoms. The second kappa shape index (κ2) is 6.98. The number of halogens is 3. The van der Waals surface area contributed by atoms with Gasteiger partial charge in [0.25, 0.3) is 0 Å². The molecular formula is C19H25F3N2O. The molecule has 1 aromatic carbocycles. The summed E-state index contributed by atoms with van der Waals surface area (Å²) in [7, 11) is 0. The molecule has 0 radical (unpaired) electrons. The fraction of sp³-hybridized carbons (Fsp3) is 0.632. The van der Waals surface area contributed by atoms with Crippen molar-refractivity contribution in [2.75, 3.05) is 26.2 Å². The molecule has 1 unspecified atom stereocenters. The van der Waals surface area contributed by atoms with Crippen molar-refractivity contribution in [3.05, 3.63) is 35.4 Å². The van der Waals surface area contributed by atoms with Crippen LogP contribution >= 0.6 is 0 Å². The van der Waals surface area contributed by atoms with Gasteiger partial charge in [-0.05, 0) is 55.3 Å². The van der Waals surface area contributed by atoms with Crippen LogP contribution < -0.4 is 5.32 Å². The third-order valence-corrected chi connectivity index (χ3v) is 5.71. The monoisotopic (exact) mass is 354 g/mol. The number of piperidine rings is 1. The van der Waals surface area contributed by atoms with Crippen LogP contribution in [0.3, 0.4) is 0 Å². The molecule has 3 rings (SSSR count). The molecule has 1 N–H and O–H groups in total. The molecule has 25 heavy (non-hydrogen) atoms. The summed E-state index contributed by atoms with van der Waals surface area (Å²) in [6.07, 6.45) is -0.577. The Morgan fingerprint density at radius 1 is 1.20 bits per heavy atom. The van der Waals surface area contributed by atoms with E-state index in [9.17, 15) is 18.0 Å². The SMILES string of the molecule is CC(Cc1ccc(C(F)(F)F)cc1)C(=O)N1CCC2(CCNC2)CC1. The Balaban J connectivity index is 1.54. The van der Waals surface area contributed by atoms with Crippen LogP contribution in [-0.2, 0) is 17.4 Å². The first-order chi connectivity index (χ1) is 11.8. The first-order valence-corrected chi connectivity index (χ1v) is 8.95. The van der Waals surface area contributed by atoms with Gasteiger partial charge in [0.05, 0.1) is 5.56 Å². The molecule has 138 valence electrons. The van der Waals surface area contributed by atoms with Crippen molar-refractivity contribution in [2.45, 2.75) is 38.8 Å². The predicted octanol–water partition coefficient (Wildman–Crippen LogP) is 3.49. The van der Waals surface area contributed by atoms with E-state index in [0.29, 0.717) is 11.8 Å². The van der Waals surface area contributed by atoms with Crippen molar-refractivity contribution < 1.29 is 18.0 Å². The van der Waals surface area contributed by atoms with Crippen molar-refractivity contribution in [1.29, 1.82) is 0 Å². The van der Waals surface area contributed by atoms with Gasteiger partial charge in [0.15, 0.2) is 0 Å². The lowest BCUT2D eigenvalue weighted by atomic mass is 9.77. The van der Waals surface area contributed by atoms with Crippen LogP contribution in [0.1, 0.15) is 37.3 Å². The van der Waals surface area contributed by atoms with E-state index >= 15 is 0 Å². The molecule has 2 aliphatic rings. The van der Waals surface area contributed by atoms with Crippen LogP contribution in [0.5, 0.6) is 0 Å². The van der Waals surface area contributed by atoms with Gasteiger partial charge < -0.3 is 10.2 Å². The van der Waals surface area contributed by atoms with Gasteiger partial charge in [-0.25, -0.2) is 0 Å². The molecule has 2 fully saturated rings. The average molecular weight is 354 g/mol. The van der Waals surface area contributed by atoms with E-state index in [1.165, 1.54) is 18.6 Å². The Morgan fingerprint density at radius 3 is 2.36 bits per heavy atom. The molecule has 0 aromatic heterocycles. The highest BCUT2D eigenvalue weighted by molar-refractivity contribution is 5.79. The van der Waals surface area contributed by atoms with Crippen LogP contribution in [0, 0.1) is 11.3 Å². The lowest BCUT2D eigenvalue weighted by Crippen LogP contribution is -2.46. The topological polar surface area (TPSA) is 32.3 Å². The summed E-state index contributed by atoms with van der Waals surface area (Å²) in [6, 6.07) is 5.12. The number of nitrogens with zero attached hydrogens (tertiary/aromatic N) is 1. The molecule has 1 amide bonds.